The van der Waals surface area contributed by atoms with Gasteiger partial charge >= 0.3 is 0 Å². The lowest BCUT2D eigenvalue weighted by Gasteiger charge is -2.29. The van der Waals surface area contributed by atoms with Gasteiger partial charge in [-0.1, -0.05) is 13.0 Å². The third kappa shape index (κ3) is 5.06. The molecule has 3 heterocycles. The van der Waals surface area contributed by atoms with Crippen molar-refractivity contribution in [3.8, 4) is 0 Å². The zero-order chi connectivity index (χ0) is 21.9. The number of nitrogens with one attached hydrogen (secondary N) is 2. The summed E-state index contributed by atoms with van der Waals surface area (Å²) < 4.78 is 26.6. The Hall–Kier alpha value is -2.72. The molecular formula is C20H27N5O4S. The van der Waals surface area contributed by atoms with Crippen LogP contribution in [0.4, 0.5) is 5.82 Å². The van der Waals surface area contributed by atoms with E-state index in [2.05, 4.69) is 22.2 Å². The summed E-state index contributed by atoms with van der Waals surface area (Å²) in [5, 5.41) is 2.58. The second-order valence-corrected chi connectivity index (χ2v) is 9.74. The molecule has 162 valence electrons. The molecule has 30 heavy (non-hydrogen) atoms. The first-order valence-electron chi connectivity index (χ1n) is 9.84. The average molecular weight is 434 g/mol. The number of hydrogen-bond donors (Lipinski definition) is 2. The van der Waals surface area contributed by atoms with E-state index in [1.54, 1.807) is 30.0 Å². The lowest BCUT2D eigenvalue weighted by atomic mass is 9.99. The number of anilines is 1. The van der Waals surface area contributed by atoms with Crippen molar-refractivity contribution in [1.29, 1.82) is 0 Å². The molecule has 1 fully saturated rings. The minimum Gasteiger partial charge on any atom is -0.356 e. The lowest BCUT2D eigenvalue weighted by molar-refractivity contribution is -0.116. The summed E-state index contributed by atoms with van der Waals surface area (Å²) >= 11 is 0. The number of aromatic amines is 1. The smallest absolute Gasteiger partial charge is 0.270 e. The summed E-state index contributed by atoms with van der Waals surface area (Å²) in [6.07, 6.45) is 3.15. The van der Waals surface area contributed by atoms with Crippen molar-refractivity contribution in [3.05, 3.63) is 41.9 Å². The maximum atomic E-state index is 12.8. The fourth-order valence-corrected chi connectivity index (χ4v) is 4.41. The first-order chi connectivity index (χ1) is 14.2. The molecule has 1 aliphatic heterocycles. The second kappa shape index (κ2) is 8.97. The second-order valence-electron chi connectivity index (χ2n) is 7.70. The van der Waals surface area contributed by atoms with Crippen LogP contribution < -0.4 is 5.32 Å². The van der Waals surface area contributed by atoms with E-state index >= 15 is 0 Å². The fourth-order valence-electron chi connectivity index (χ4n) is 3.29. The van der Waals surface area contributed by atoms with Crippen LogP contribution >= 0.6 is 0 Å². The first kappa shape index (κ1) is 22.0. The fraction of sp³-hybridized carbons (Fsp3) is 0.450. The molecule has 0 bridgehead atoms. The van der Waals surface area contributed by atoms with Gasteiger partial charge in [0, 0.05) is 32.0 Å². The van der Waals surface area contributed by atoms with Gasteiger partial charge in [-0.3, -0.25) is 9.59 Å². The van der Waals surface area contributed by atoms with Gasteiger partial charge in [-0.25, -0.2) is 13.4 Å². The highest BCUT2D eigenvalue weighted by Gasteiger charge is 2.27. The number of pyridine rings is 1. The van der Waals surface area contributed by atoms with E-state index in [4.69, 9.17) is 0 Å². The highest BCUT2D eigenvalue weighted by atomic mass is 32.2. The third-order valence-corrected chi connectivity index (χ3v) is 6.97. The number of carbonyl (C=O) groups is 2. The SMILES string of the molecule is Cc1cccc(NC(=O)CN(C)S(=O)(=O)c2c[nH]c(C(=O)N3CCC(C)CC3)c2)n1. The van der Waals surface area contributed by atoms with Crippen LogP contribution in [0.5, 0.6) is 0 Å². The highest BCUT2D eigenvalue weighted by Crippen LogP contribution is 2.20. The van der Waals surface area contributed by atoms with E-state index in [1.165, 1.54) is 19.3 Å². The summed E-state index contributed by atoms with van der Waals surface area (Å²) in [6.45, 7) is 4.89. The van der Waals surface area contributed by atoms with E-state index < -0.39 is 15.9 Å². The number of likely N-dealkylation sites (N-methyl/N-ethyl adjacent to an activating group) is 1. The quantitative estimate of drug-likeness (QED) is 0.721. The number of aromatic nitrogens is 2. The number of piperidine rings is 1. The number of likely N-dealkylation sites (tertiary alicyclic amines) is 1. The summed E-state index contributed by atoms with van der Waals surface area (Å²) in [5.74, 6) is 0.224. The van der Waals surface area contributed by atoms with Crippen molar-refractivity contribution in [2.75, 3.05) is 32.0 Å². The largest absolute Gasteiger partial charge is 0.356 e. The molecule has 0 radical (unpaired) electrons. The Morgan fingerprint density at radius 2 is 2.00 bits per heavy atom. The Labute approximate surface area is 176 Å². The number of rotatable bonds is 6. The van der Waals surface area contributed by atoms with Crippen molar-refractivity contribution < 1.29 is 18.0 Å². The predicted octanol–water partition coefficient (Wildman–Crippen LogP) is 1.85. The number of aryl methyl sites for hydroxylation is 1. The molecule has 0 saturated carbocycles. The van der Waals surface area contributed by atoms with Crippen LogP contribution in [0.1, 0.15) is 35.9 Å². The number of H-pyrrole nitrogens is 1. The molecule has 0 unspecified atom stereocenters. The average Bonchev–Trinajstić information content (AvgIpc) is 3.19. The van der Waals surface area contributed by atoms with Gasteiger partial charge in [0.05, 0.1) is 6.54 Å². The molecule has 10 heteroatoms. The van der Waals surface area contributed by atoms with E-state index in [1.807, 2.05) is 0 Å². The monoisotopic (exact) mass is 433 g/mol. The molecule has 2 aromatic heterocycles. The maximum absolute atomic E-state index is 12.8. The van der Waals surface area contributed by atoms with Gasteiger partial charge in [0.2, 0.25) is 15.9 Å². The molecule has 0 spiro atoms. The molecular weight excluding hydrogens is 406 g/mol. The van der Waals surface area contributed by atoms with Crippen LogP contribution in [-0.2, 0) is 14.8 Å². The van der Waals surface area contributed by atoms with Crippen LogP contribution in [-0.4, -0.2) is 66.1 Å². The van der Waals surface area contributed by atoms with Gasteiger partial charge in [-0.05, 0) is 43.9 Å². The zero-order valence-corrected chi connectivity index (χ0v) is 18.2. The Balaban J connectivity index is 1.64. The van der Waals surface area contributed by atoms with Crippen molar-refractivity contribution in [2.24, 2.45) is 5.92 Å². The molecule has 1 aliphatic rings. The highest BCUT2D eigenvalue weighted by molar-refractivity contribution is 7.89. The van der Waals surface area contributed by atoms with Crippen molar-refractivity contribution in [3.63, 3.8) is 0 Å². The van der Waals surface area contributed by atoms with Gasteiger partial charge < -0.3 is 15.2 Å². The molecule has 2 amide bonds. The summed E-state index contributed by atoms with van der Waals surface area (Å²) in [4.78, 5) is 33.5. The van der Waals surface area contributed by atoms with Gasteiger partial charge in [0.1, 0.15) is 16.4 Å². The Kier molecular flexibility index (Phi) is 6.57. The third-order valence-electron chi connectivity index (χ3n) is 5.19. The maximum Gasteiger partial charge on any atom is 0.270 e. The Morgan fingerprint density at radius 1 is 1.30 bits per heavy atom. The van der Waals surface area contributed by atoms with Gasteiger partial charge in [-0.2, -0.15) is 4.31 Å². The van der Waals surface area contributed by atoms with E-state index in [0.717, 1.165) is 22.8 Å². The van der Waals surface area contributed by atoms with Crippen LogP contribution in [0.15, 0.2) is 35.4 Å². The molecule has 2 aromatic rings. The van der Waals surface area contributed by atoms with Crippen molar-refractivity contribution in [2.45, 2.75) is 31.6 Å². The summed E-state index contributed by atoms with van der Waals surface area (Å²) in [6, 6.07) is 6.50. The van der Waals surface area contributed by atoms with E-state index in [-0.39, 0.29) is 23.0 Å². The first-order valence-corrected chi connectivity index (χ1v) is 11.3. The summed E-state index contributed by atoms with van der Waals surface area (Å²) in [7, 11) is -2.62. The zero-order valence-electron chi connectivity index (χ0n) is 17.4. The molecule has 0 aromatic carbocycles. The van der Waals surface area contributed by atoms with Crippen LogP contribution in [0, 0.1) is 12.8 Å². The predicted molar refractivity (Wildman–Crippen MR) is 113 cm³/mol. The topological polar surface area (TPSA) is 115 Å². The van der Waals surface area contributed by atoms with Crippen LogP contribution in [0.25, 0.3) is 0 Å². The molecule has 3 rings (SSSR count). The molecule has 0 aliphatic carbocycles. The molecule has 9 nitrogen and oxygen atoms in total. The lowest BCUT2D eigenvalue weighted by Crippen LogP contribution is -2.38. The molecule has 1 saturated heterocycles. The van der Waals surface area contributed by atoms with E-state index in [9.17, 15) is 18.0 Å². The minimum absolute atomic E-state index is 0.0554. The number of amides is 2. The minimum atomic E-state index is -3.94. The number of sulfonamides is 1. The van der Waals surface area contributed by atoms with Crippen LogP contribution in [0.3, 0.4) is 0 Å². The normalized spacial score (nSPS) is 15.4. The van der Waals surface area contributed by atoms with Gasteiger partial charge in [0.15, 0.2) is 0 Å². The van der Waals surface area contributed by atoms with Crippen molar-refractivity contribution in [1.82, 2.24) is 19.2 Å². The number of carbonyl (C=O) groups excluding carboxylic acids is 2. The number of hydrogen-bond acceptors (Lipinski definition) is 5. The Morgan fingerprint density at radius 3 is 2.67 bits per heavy atom. The van der Waals surface area contributed by atoms with Crippen LogP contribution in [0.2, 0.25) is 0 Å². The van der Waals surface area contributed by atoms with Crippen molar-refractivity contribution >= 4 is 27.7 Å². The molecule has 0 atom stereocenters. The van der Waals surface area contributed by atoms with E-state index in [0.29, 0.717) is 24.8 Å². The standard InChI is InChI=1S/C20H27N5O4S/c1-14-7-9-25(10-8-14)20(27)17-11-16(12-21-17)30(28,29)24(3)13-19(26)23-18-6-4-5-15(2)22-18/h4-6,11-12,14,21H,7-10,13H2,1-3H3,(H,22,23,26). The Bertz CT molecular complexity index is 1030. The number of nitrogens with zero attached hydrogens (tertiary/aromatic N) is 3. The van der Waals surface area contributed by atoms with Gasteiger partial charge in [0.25, 0.3) is 5.91 Å². The van der Waals surface area contributed by atoms with Gasteiger partial charge in [-0.15, -0.1) is 0 Å². The summed E-state index contributed by atoms with van der Waals surface area (Å²) in [5.41, 5.74) is 0.964. The molecule has 2 N–H and O–H groups in total.